The molecule has 0 radical (unpaired) electrons. The average Bonchev–Trinajstić information content (AvgIpc) is 2.90. The lowest BCUT2D eigenvalue weighted by Gasteiger charge is -2.06. The standard InChI is InChI=1S/C15H9ClFN5O/c16-13-3-2-11-15(19-13)22(21-20-11)7-9-5-8-1-4-14(23)18-12(8)6-10(9)17/h1-6H,7H2,(H,18,23). The number of hydrogen-bond donors (Lipinski definition) is 1. The summed E-state index contributed by atoms with van der Waals surface area (Å²) in [6.07, 6.45) is 0. The molecule has 0 aliphatic heterocycles. The second kappa shape index (κ2) is 5.13. The minimum atomic E-state index is -0.440. The number of hydrogen-bond acceptors (Lipinski definition) is 4. The number of rotatable bonds is 2. The maximum absolute atomic E-state index is 14.3. The Morgan fingerprint density at radius 2 is 2.09 bits per heavy atom. The SMILES string of the molecule is O=c1ccc2cc(Cn3nnc4ccc(Cl)nc43)c(F)cc2[nH]1. The van der Waals surface area contributed by atoms with E-state index in [4.69, 9.17) is 11.6 Å². The lowest BCUT2D eigenvalue weighted by molar-refractivity contribution is 0.583. The fraction of sp³-hybridized carbons (Fsp3) is 0.0667. The van der Waals surface area contributed by atoms with Gasteiger partial charge in [0.15, 0.2) is 5.65 Å². The molecule has 1 aromatic carbocycles. The zero-order chi connectivity index (χ0) is 16.0. The smallest absolute Gasteiger partial charge is 0.248 e. The van der Waals surface area contributed by atoms with Gasteiger partial charge in [0.1, 0.15) is 16.5 Å². The third kappa shape index (κ3) is 2.44. The largest absolute Gasteiger partial charge is 0.322 e. The van der Waals surface area contributed by atoms with Crippen LogP contribution in [0, 0.1) is 5.82 Å². The minimum Gasteiger partial charge on any atom is -0.322 e. The van der Waals surface area contributed by atoms with Crippen molar-refractivity contribution < 1.29 is 4.39 Å². The number of aromatic amines is 1. The zero-order valence-electron chi connectivity index (χ0n) is 11.6. The number of fused-ring (bicyclic) bond motifs is 2. The van der Waals surface area contributed by atoms with Crippen molar-refractivity contribution in [2.45, 2.75) is 6.54 Å². The maximum atomic E-state index is 14.3. The molecule has 4 aromatic rings. The quantitative estimate of drug-likeness (QED) is 0.573. The van der Waals surface area contributed by atoms with Crippen LogP contribution in [0.1, 0.15) is 5.56 Å². The lowest BCUT2D eigenvalue weighted by atomic mass is 10.1. The molecule has 3 aromatic heterocycles. The minimum absolute atomic E-state index is 0.157. The van der Waals surface area contributed by atoms with Crippen molar-refractivity contribution in [3.63, 3.8) is 0 Å². The highest BCUT2D eigenvalue weighted by atomic mass is 35.5. The van der Waals surface area contributed by atoms with E-state index in [9.17, 15) is 9.18 Å². The normalized spacial score (nSPS) is 11.4. The van der Waals surface area contributed by atoms with E-state index < -0.39 is 5.82 Å². The molecule has 0 atom stereocenters. The fourth-order valence-electron chi connectivity index (χ4n) is 2.44. The van der Waals surface area contributed by atoms with E-state index in [2.05, 4.69) is 20.3 Å². The van der Waals surface area contributed by atoms with E-state index in [0.717, 1.165) is 5.39 Å². The Bertz CT molecular complexity index is 1100. The van der Waals surface area contributed by atoms with Gasteiger partial charge in [0, 0.05) is 11.6 Å². The Morgan fingerprint density at radius 1 is 1.22 bits per heavy atom. The van der Waals surface area contributed by atoms with Crippen LogP contribution in [0.15, 0.2) is 41.2 Å². The predicted octanol–water partition coefficient (Wildman–Crippen LogP) is 2.51. The summed E-state index contributed by atoms with van der Waals surface area (Å²) >= 11 is 5.89. The molecule has 0 unspecified atom stereocenters. The fourth-order valence-corrected chi connectivity index (χ4v) is 2.59. The summed E-state index contributed by atoms with van der Waals surface area (Å²) in [5.41, 5.74) is 1.66. The number of nitrogens with zero attached hydrogens (tertiary/aromatic N) is 4. The molecule has 4 rings (SSSR count). The molecule has 0 aliphatic carbocycles. The molecular formula is C15H9ClFN5O. The molecule has 0 saturated heterocycles. The van der Waals surface area contributed by atoms with Crippen LogP contribution in [0.4, 0.5) is 4.39 Å². The van der Waals surface area contributed by atoms with Gasteiger partial charge in [-0.25, -0.2) is 14.1 Å². The monoisotopic (exact) mass is 329 g/mol. The maximum Gasteiger partial charge on any atom is 0.248 e. The molecule has 1 N–H and O–H groups in total. The van der Waals surface area contributed by atoms with Crippen molar-refractivity contribution in [2.24, 2.45) is 0 Å². The van der Waals surface area contributed by atoms with E-state index in [1.165, 1.54) is 16.8 Å². The number of halogens is 2. The van der Waals surface area contributed by atoms with Crippen molar-refractivity contribution in [1.29, 1.82) is 0 Å². The van der Waals surface area contributed by atoms with Crippen LogP contribution in [0.2, 0.25) is 5.15 Å². The highest BCUT2D eigenvalue weighted by Gasteiger charge is 2.11. The van der Waals surface area contributed by atoms with Crippen LogP contribution < -0.4 is 5.56 Å². The van der Waals surface area contributed by atoms with Crippen LogP contribution in [0.3, 0.4) is 0 Å². The summed E-state index contributed by atoms with van der Waals surface area (Å²) in [6, 6.07) is 9.33. The van der Waals surface area contributed by atoms with Gasteiger partial charge in [0.05, 0.1) is 12.1 Å². The van der Waals surface area contributed by atoms with Crippen molar-refractivity contribution in [3.8, 4) is 0 Å². The van der Waals surface area contributed by atoms with Gasteiger partial charge in [-0.3, -0.25) is 4.79 Å². The Balaban J connectivity index is 1.82. The van der Waals surface area contributed by atoms with E-state index in [-0.39, 0.29) is 12.1 Å². The molecule has 0 saturated carbocycles. The van der Waals surface area contributed by atoms with Crippen LogP contribution in [-0.2, 0) is 6.54 Å². The molecule has 0 fully saturated rings. The topological polar surface area (TPSA) is 76.5 Å². The molecule has 0 bridgehead atoms. The number of pyridine rings is 2. The highest BCUT2D eigenvalue weighted by molar-refractivity contribution is 6.29. The second-order valence-corrected chi connectivity index (χ2v) is 5.46. The first-order valence-electron chi connectivity index (χ1n) is 6.77. The first-order chi connectivity index (χ1) is 11.1. The van der Waals surface area contributed by atoms with E-state index >= 15 is 0 Å². The number of H-pyrrole nitrogens is 1. The lowest BCUT2D eigenvalue weighted by Crippen LogP contribution is -2.07. The van der Waals surface area contributed by atoms with Gasteiger partial charge in [-0.2, -0.15) is 0 Å². The first kappa shape index (κ1) is 13.8. The van der Waals surface area contributed by atoms with Gasteiger partial charge in [0.25, 0.3) is 0 Å². The molecule has 6 nitrogen and oxygen atoms in total. The van der Waals surface area contributed by atoms with Crippen molar-refractivity contribution >= 4 is 33.7 Å². The molecule has 8 heteroatoms. The van der Waals surface area contributed by atoms with Crippen LogP contribution >= 0.6 is 11.6 Å². The zero-order valence-corrected chi connectivity index (χ0v) is 12.4. The Kier molecular flexibility index (Phi) is 3.09. The van der Waals surface area contributed by atoms with Crippen LogP contribution in [-0.4, -0.2) is 25.0 Å². The average molecular weight is 330 g/mol. The van der Waals surface area contributed by atoms with E-state index in [1.54, 1.807) is 24.3 Å². The summed E-state index contributed by atoms with van der Waals surface area (Å²) in [5, 5.41) is 9.02. The van der Waals surface area contributed by atoms with Gasteiger partial charge in [-0.05, 0) is 35.7 Å². The summed E-state index contributed by atoms with van der Waals surface area (Å²) in [6.45, 7) is 0.157. The van der Waals surface area contributed by atoms with Gasteiger partial charge < -0.3 is 4.98 Å². The predicted molar refractivity (Wildman–Crippen MR) is 84.0 cm³/mol. The van der Waals surface area contributed by atoms with Crippen molar-refractivity contribution in [1.82, 2.24) is 25.0 Å². The van der Waals surface area contributed by atoms with E-state index in [1.807, 2.05) is 0 Å². The van der Waals surface area contributed by atoms with Gasteiger partial charge in [-0.1, -0.05) is 16.8 Å². The second-order valence-electron chi connectivity index (χ2n) is 5.08. The molecule has 114 valence electrons. The molecule has 0 amide bonds. The van der Waals surface area contributed by atoms with Crippen LogP contribution in [0.25, 0.3) is 22.1 Å². The van der Waals surface area contributed by atoms with Gasteiger partial charge in [-0.15, -0.1) is 5.10 Å². The van der Waals surface area contributed by atoms with Crippen molar-refractivity contribution in [2.75, 3.05) is 0 Å². The van der Waals surface area contributed by atoms with Crippen molar-refractivity contribution in [3.05, 3.63) is 63.3 Å². The third-order valence-corrected chi connectivity index (χ3v) is 3.75. The van der Waals surface area contributed by atoms with Crippen LogP contribution in [0.5, 0.6) is 0 Å². The summed E-state index contributed by atoms with van der Waals surface area (Å²) in [7, 11) is 0. The Morgan fingerprint density at radius 3 is 2.96 bits per heavy atom. The third-order valence-electron chi connectivity index (χ3n) is 3.54. The molecule has 23 heavy (non-hydrogen) atoms. The van der Waals surface area contributed by atoms with Gasteiger partial charge in [0.2, 0.25) is 5.56 Å². The summed E-state index contributed by atoms with van der Waals surface area (Å²) < 4.78 is 15.8. The molecule has 0 aliphatic rings. The number of benzene rings is 1. The summed E-state index contributed by atoms with van der Waals surface area (Å²) in [4.78, 5) is 18.1. The Hall–Kier alpha value is -2.80. The molecule has 0 spiro atoms. The molecular weight excluding hydrogens is 321 g/mol. The van der Waals surface area contributed by atoms with E-state index in [0.29, 0.717) is 27.4 Å². The number of aromatic nitrogens is 5. The molecule has 3 heterocycles. The summed E-state index contributed by atoms with van der Waals surface area (Å²) in [5.74, 6) is -0.440. The Labute approximate surface area is 133 Å². The first-order valence-corrected chi connectivity index (χ1v) is 7.15. The highest BCUT2D eigenvalue weighted by Crippen LogP contribution is 2.19. The van der Waals surface area contributed by atoms with Gasteiger partial charge >= 0.3 is 0 Å². The number of nitrogens with one attached hydrogen (secondary N) is 1.